The first-order valence-corrected chi connectivity index (χ1v) is 10.0. The molecule has 0 bridgehead atoms. The predicted octanol–water partition coefficient (Wildman–Crippen LogP) is 2.01. The maximum absolute atomic E-state index is 11.9. The van der Waals surface area contributed by atoms with Gasteiger partial charge in [-0.3, -0.25) is 9.59 Å². The predicted molar refractivity (Wildman–Crippen MR) is 92.4 cm³/mol. The van der Waals surface area contributed by atoms with E-state index in [9.17, 15) is 18.0 Å². The molecule has 0 spiro atoms. The topological polar surface area (TPSA) is 101 Å². The molecule has 8 heteroatoms. The van der Waals surface area contributed by atoms with E-state index in [1.807, 2.05) is 6.07 Å². The van der Waals surface area contributed by atoms with E-state index in [1.165, 1.54) is 11.8 Å². The van der Waals surface area contributed by atoms with Crippen LogP contribution in [0.3, 0.4) is 0 Å². The first-order valence-electron chi connectivity index (χ1n) is 7.06. The molecular weight excluding hydrogens is 338 g/mol. The van der Waals surface area contributed by atoms with Crippen LogP contribution in [0.15, 0.2) is 24.3 Å². The Balaban J connectivity index is 2.60. The summed E-state index contributed by atoms with van der Waals surface area (Å²) in [6, 6.07) is 6.93. The highest BCUT2D eigenvalue weighted by molar-refractivity contribution is 7.99. The Hall–Kier alpha value is -1.54. The molecule has 1 rings (SSSR count). The second kappa shape index (κ2) is 8.93. The average Bonchev–Trinajstić information content (AvgIpc) is 2.35. The SMILES string of the molecule is CC(C)CS(=O)(=O)CC(=O)Nc1cccc(CSCC(=O)O)c1. The third-order valence-electron chi connectivity index (χ3n) is 2.64. The number of rotatable bonds is 9. The van der Waals surface area contributed by atoms with Crippen LogP contribution in [-0.4, -0.2) is 42.7 Å². The third-order valence-corrected chi connectivity index (χ3v) is 5.51. The van der Waals surface area contributed by atoms with E-state index in [-0.39, 0.29) is 17.4 Å². The van der Waals surface area contributed by atoms with Crippen molar-refractivity contribution in [2.24, 2.45) is 5.92 Å². The number of anilines is 1. The Bertz CT molecular complexity index is 656. The minimum Gasteiger partial charge on any atom is -0.481 e. The van der Waals surface area contributed by atoms with E-state index in [1.54, 1.807) is 32.0 Å². The number of carboxylic acid groups (broad SMARTS) is 1. The lowest BCUT2D eigenvalue weighted by Gasteiger charge is -2.09. The zero-order valence-corrected chi connectivity index (χ0v) is 14.7. The van der Waals surface area contributed by atoms with E-state index in [0.717, 1.165) is 5.56 Å². The molecule has 0 saturated heterocycles. The van der Waals surface area contributed by atoms with Gasteiger partial charge in [-0.1, -0.05) is 26.0 Å². The number of aliphatic carboxylic acids is 1. The highest BCUT2D eigenvalue weighted by Crippen LogP contribution is 2.16. The Morgan fingerprint density at radius 1 is 1.30 bits per heavy atom. The Morgan fingerprint density at radius 2 is 2.00 bits per heavy atom. The van der Waals surface area contributed by atoms with Crippen LogP contribution in [0, 0.1) is 5.92 Å². The van der Waals surface area contributed by atoms with Gasteiger partial charge in [0.05, 0.1) is 11.5 Å². The molecule has 1 aromatic carbocycles. The summed E-state index contributed by atoms with van der Waals surface area (Å²) < 4.78 is 23.6. The molecule has 0 heterocycles. The maximum atomic E-state index is 11.9. The zero-order valence-electron chi connectivity index (χ0n) is 13.1. The van der Waals surface area contributed by atoms with E-state index < -0.39 is 27.5 Å². The lowest BCUT2D eigenvalue weighted by atomic mass is 10.2. The van der Waals surface area contributed by atoms with Crippen LogP contribution in [0.1, 0.15) is 19.4 Å². The number of carbonyl (C=O) groups excluding carboxylic acids is 1. The van der Waals surface area contributed by atoms with Crippen molar-refractivity contribution in [3.63, 3.8) is 0 Å². The molecular formula is C15H21NO5S2. The molecule has 1 aromatic rings. The standard InChI is InChI=1S/C15H21NO5S2/c1-11(2)9-23(20,21)10-14(17)16-13-5-3-4-12(6-13)7-22-8-15(18)19/h3-6,11H,7-10H2,1-2H3,(H,16,17)(H,18,19). The van der Waals surface area contributed by atoms with Gasteiger partial charge in [0.2, 0.25) is 5.91 Å². The summed E-state index contributed by atoms with van der Waals surface area (Å²) in [4.78, 5) is 22.3. The van der Waals surface area contributed by atoms with Crippen molar-refractivity contribution in [2.75, 3.05) is 22.6 Å². The van der Waals surface area contributed by atoms with E-state index in [4.69, 9.17) is 5.11 Å². The number of sulfone groups is 1. The first-order chi connectivity index (χ1) is 10.7. The van der Waals surface area contributed by atoms with Crippen LogP contribution in [0.5, 0.6) is 0 Å². The fourth-order valence-electron chi connectivity index (χ4n) is 1.96. The zero-order chi connectivity index (χ0) is 17.5. The highest BCUT2D eigenvalue weighted by Gasteiger charge is 2.18. The number of amides is 1. The molecule has 0 aliphatic rings. The number of hydrogen-bond acceptors (Lipinski definition) is 5. The monoisotopic (exact) mass is 359 g/mol. The number of hydrogen-bond donors (Lipinski definition) is 2. The molecule has 0 fully saturated rings. The molecule has 6 nitrogen and oxygen atoms in total. The molecule has 2 N–H and O–H groups in total. The van der Waals surface area contributed by atoms with Gasteiger partial charge >= 0.3 is 5.97 Å². The first kappa shape index (κ1) is 19.5. The van der Waals surface area contributed by atoms with Crippen molar-refractivity contribution in [1.82, 2.24) is 0 Å². The number of benzene rings is 1. The van der Waals surface area contributed by atoms with Gasteiger partial charge in [0.1, 0.15) is 5.75 Å². The van der Waals surface area contributed by atoms with Crippen LogP contribution < -0.4 is 5.32 Å². The molecule has 0 aromatic heterocycles. The normalized spacial score (nSPS) is 11.4. The van der Waals surface area contributed by atoms with Crippen LogP contribution in [0.2, 0.25) is 0 Å². The van der Waals surface area contributed by atoms with Crippen molar-refractivity contribution < 1.29 is 23.1 Å². The minimum atomic E-state index is -3.42. The quantitative estimate of drug-likeness (QED) is 0.699. The van der Waals surface area contributed by atoms with E-state index in [0.29, 0.717) is 11.4 Å². The summed E-state index contributed by atoms with van der Waals surface area (Å²) in [6.45, 7) is 3.57. The Morgan fingerprint density at radius 3 is 2.61 bits per heavy atom. The van der Waals surface area contributed by atoms with E-state index in [2.05, 4.69) is 5.32 Å². The van der Waals surface area contributed by atoms with Gasteiger partial charge < -0.3 is 10.4 Å². The third kappa shape index (κ3) is 8.61. The number of thioether (sulfide) groups is 1. The molecule has 0 unspecified atom stereocenters. The molecule has 0 aliphatic carbocycles. The smallest absolute Gasteiger partial charge is 0.313 e. The van der Waals surface area contributed by atoms with Gasteiger partial charge in [-0.05, 0) is 23.6 Å². The lowest BCUT2D eigenvalue weighted by molar-refractivity contribution is -0.133. The highest BCUT2D eigenvalue weighted by atomic mass is 32.2. The number of carbonyl (C=O) groups is 2. The van der Waals surface area contributed by atoms with Crippen molar-refractivity contribution in [3.8, 4) is 0 Å². The lowest BCUT2D eigenvalue weighted by Crippen LogP contribution is -2.26. The van der Waals surface area contributed by atoms with Crippen LogP contribution >= 0.6 is 11.8 Å². The molecule has 0 atom stereocenters. The van der Waals surface area contributed by atoms with Crippen LogP contribution in [0.25, 0.3) is 0 Å². The summed E-state index contributed by atoms with van der Waals surface area (Å²) in [7, 11) is -3.42. The minimum absolute atomic E-state index is 0.00400. The fraction of sp³-hybridized carbons (Fsp3) is 0.467. The van der Waals surface area contributed by atoms with Gasteiger partial charge in [0, 0.05) is 11.4 Å². The molecule has 0 radical (unpaired) electrons. The molecule has 0 aliphatic heterocycles. The second-order valence-corrected chi connectivity index (χ2v) is 8.68. The van der Waals surface area contributed by atoms with Crippen LogP contribution in [-0.2, 0) is 25.2 Å². The van der Waals surface area contributed by atoms with Crippen LogP contribution in [0.4, 0.5) is 5.69 Å². The Kier molecular flexibility index (Phi) is 7.57. The average molecular weight is 359 g/mol. The summed E-state index contributed by atoms with van der Waals surface area (Å²) >= 11 is 1.25. The largest absolute Gasteiger partial charge is 0.481 e. The van der Waals surface area contributed by atoms with Crippen molar-refractivity contribution in [3.05, 3.63) is 29.8 Å². The van der Waals surface area contributed by atoms with Crippen molar-refractivity contribution in [1.29, 1.82) is 0 Å². The summed E-state index contributed by atoms with van der Waals surface area (Å²) in [5, 5.41) is 11.2. The van der Waals surface area contributed by atoms with E-state index >= 15 is 0 Å². The maximum Gasteiger partial charge on any atom is 0.313 e. The van der Waals surface area contributed by atoms with Gasteiger partial charge in [0.25, 0.3) is 0 Å². The second-order valence-electron chi connectivity index (χ2n) is 5.58. The summed E-state index contributed by atoms with van der Waals surface area (Å²) in [5.74, 6) is -1.53. The van der Waals surface area contributed by atoms with Gasteiger partial charge in [-0.2, -0.15) is 0 Å². The fourth-order valence-corrected chi connectivity index (χ4v) is 4.26. The van der Waals surface area contributed by atoms with Crippen molar-refractivity contribution in [2.45, 2.75) is 19.6 Å². The summed E-state index contributed by atoms with van der Waals surface area (Å²) in [6.07, 6.45) is 0. The molecule has 23 heavy (non-hydrogen) atoms. The summed E-state index contributed by atoms with van der Waals surface area (Å²) in [5.41, 5.74) is 1.36. The van der Waals surface area contributed by atoms with Gasteiger partial charge in [0.15, 0.2) is 9.84 Å². The van der Waals surface area contributed by atoms with Crippen molar-refractivity contribution >= 4 is 39.2 Å². The van der Waals surface area contributed by atoms with Gasteiger partial charge in [-0.25, -0.2) is 8.42 Å². The molecule has 0 saturated carbocycles. The molecule has 128 valence electrons. The molecule has 1 amide bonds. The Labute approximate surface area is 140 Å². The number of nitrogens with one attached hydrogen (secondary N) is 1. The van der Waals surface area contributed by atoms with Gasteiger partial charge in [-0.15, -0.1) is 11.8 Å². The number of carboxylic acids is 1.